The zero-order valence-corrected chi connectivity index (χ0v) is 17.4. The highest BCUT2D eigenvalue weighted by molar-refractivity contribution is 5.82. The van der Waals surface area contributed by atoms with Crippen LogP contribution < -0.4 is 0 Å². The molecular formula is C22H29NO6. The zero-order valence-electron chi connectivity index (χ0n) is 17.4. The van der Waals surface area contributed by atoms with Gasteiger partial charge in [-0.05, 0) is 64.2 Å². The molecule has 1 aliphatic heterocycles. The van der Waals surface area contributed by atoms with E-state index in [4.69, 9.17) is 14.2 Å². The van der Waals surface area contributed by atoms with E-state index < -0.39 is 34.4 Å². The molecule has 0 aromatic carbocycles. The molecule has 5 rings (SSSR count). The highest BCUT2D eigenvalue weighted by atomic mass is 16.6. The normalized spacial score (nSPS) is 40.3. The third-order valence-corrected chi connectivity index (χ3v) is 7.60. The molecule has 29 heavy (non-hydrogen) atoms. The zero-order chi connectivity index (χ0) is 21.0. The Morgan fingerprint density at radius 1 is 1.24 bits per heavy atom. The first-order valence-electron chi connectivity index (χ1n) is 10.6. The molecular weight excluding hydrogens is 374 g/mol. The third-order valence-electron chi connectivity index (χ3n) is 7.60. The van der Waals surface area contributed by atoms with E-state index in [0.29, 0.717) is 24.7 Å². The van der Waals surface area contributed by atoms with Crippen LogP contribution in [0.4, 0.5) is 0 Å². The summed E-state index contributed by atoms with van der Waals surface area (Å²) >= 11 is 0. The van der Waals surface area contributed by atoms with Crippen molar-refractivity contribution in [1.82, 2.24) is 0 Å². The summed E-state index contributed by atoms with van der Waals surface area (Å²) in [6.07, 6.45) is 4.40. The van der Waals surface area contributed by atoms with E-state index in [-0.39, 0.29) is 18.5 Å². The number of hydrogen-bond acceptors (Lipinski definition) is 7. The minimum Gasteiger partial charge on any atom is -0.461 e. The van der Waals surface area contributed by atoms with E-state index in [1.54, 1.807) is 0 Å². The van der Waals surface area contributed by atoms with Gasteiger partial charge in [-0.15, -0.1) is 0 Å². The van der Waals surface area contributed by atoms with Crippen LogP contribution in [0.25, 0.3) is 0 Å². The van der Waals surface area contributed by atoms with Crippen molar-refractivity contribution in [2.24, 2.45) is 28.6 Å². The molecule has 0 aromatic rings. The van der Waals surface area contributed by atoms with Gasteiger partial charge in [-0.1, -0.05) is 6.92 Å². The number of carbonyl (C=O) groups excluding carboxylic acids is 3. The Morgan fingerprint density at radius 2 is 1.90 bits per heavy atom. The van der Waals surface area contributed by atoms with Gasteiger partial charge in [0.15, 0.2) is 12.0 Å². The van der Waals surface area contributed by atoms with Crippen molar-refractivity contribution in [3.63, 3.8) is 0 Å². The largest absolute Gasteiger partial charge is 0.461 e. The van der Waals surface area contributed by atoms with Gasteiger partial charge >= 0.3 is 17.9 Å². The number of carbonyl (C=O) groups is 3. The summed E-state index contributed by atoms with van der Waals surface area (Å²) in [5.74, 6) is -1.62. The topological polar surface area (TPSA) is 103 Å². The lowest BCUT2D eigenvalue weighted by atomic mass is 9.48. The van der Waals surface area contributed by atoms with Crippen LogP contribution in [-0.4, -0.2) is 36.2 Å². The fourth-order valence-corrected chi connectivity index (χ4v) is 6.02. The standard InChI is InChI=1S/C22H29NO6/c1-4-20(2,3)18(25)29-22-8-13-5-14(9-22)7-21(6-13,12-22)19(26)28-16-11-27-17(24)15(16)10-23/h13-16H,4-9,11-12H2,1-3H3. The van der Waals surface area contributed by atoms with Crippen molar-refractivity contribution in [1.29, 1.82) is 5.26 Å². The summed E-state index contributed by atoms with van der Waals surface area (Å²) < 4.78 is 16.7. The molecule has 0 aromatic heterocycles. The third kappa shape index (κ3) is 3.31. The van der Waals surface area contributed by atoms with E-state index >= 15 is 0 Å². The highest BCUT2D eigenvalue weighted by Crippen LogP contribution is 2.63. The molecule has 4 unspecified atom stereocenters. The van der Waals surface area contributed by atoms with Gasteiger partial charge in [-0.3, -0.25) is 14.4 Å². The van der Waals surface area contributed by atoms with Crippen molar-refractivity contribution in [2.45, 2.75) is 77.4 Å². The molecule has 1 saturated heterocycles. The van der Waals surface area contributed by atoms with Crippen LogP contribution in [0.5, 0.6) is 0 Å². The number of nitriles is 1. The van der Waals surface area contributed by atoms with E-state index in [9.17, 15) is 19.6 Å². The summed E-state index contributed by atoms with van der Waals surface area (Å²) in [5, 5.41) is 9.19. The van der Waals surface area contributed by atoms with Crippen LogP contribution >= 0.6 is 0 Å². The predicted molar refractivity (Wildman–Crippen MR) is 100.0 cm³/mol. The fourth-order valence-electron chi connectivity index (χ4n) is 6.02. The maximum absolute atomic E-state index is 13.3. The Bertz CT molecular complexity index is 767. The number of hydrogen-bond donors (Lipinski definition) is 0. The lowest BCUT2D eigenvalue weighted by Gasteiger charge is -2.60. The van der Waals surface area contributed by atoms with E-state index in [2.05, 4.69) is 0 Å². The second-order valence-electron chi connectivity index (χ2n) is 10.2. The van der Waals surface area contributed by atoms with Gasteiger partial charge in [0.2, 0.25) is 0 Å². The Morgan fingerprint density at radius 3 is 2.48 bits per heavy atom. The first-order valence-corrected chi connectivity index (χ1v) is 10.6. The van der Waals surface area contributed by atoms with Crippen molar-refractivity contribution in [3.05, 3.63) is 0 Å². The van der Waals surface area contributed by atoms with Gasteiger partial charge < -0.3 is 14.2 Å². The summed E-state index contributed by atoms with van der Waals surface area (Å²) in [4.78, 5) is 37.7. The predicted octanol–water partition coefficient (Wildman–Crippen LogP) is 2.91. The van der Waals surface area contributed by atoms with Crippen LogP contribution in [0.15, 0.2) is 0 Å². The second-order valence-corrected chi connectivity index (χ2v) is 10.2. The van der Waals surface area contributed by atoms with Crippen LogP contribution in [0.1, 0.15) is 65.7 Å². The Hall–Kier alpha value is -2.10. The van der Waals surface area contributed by atoms with E-state index in [1.165, 1.54) is 0 Å². The lowest BCUT2D eigenvalue weighted by Crippen LogP contribution is -2.60. The first kappa shape index (κ1) is 20.2. The number of rotatable bonds is 5. The van der Waals surface area contributed by atoms with Crippen LogP contribution in [0.2, 0.25) is 0 Å². The maximum Gasteiger partial charge on any atom is 0.327 e. The number of esters is 3. The molecule has 4 atom stereocenters. The van der Waals surface area contributed by atoms with Gasteiger partial charge in [-0.2, -0.15) is 5.26 Å². The van der Waals surface area contributed by atoms with Crippen LogP contribution in [-0.2, 0) is 28.6 Å². The molecule has 158 valence electrons. The molecule has 0 N–H and O–H groups in total. The number of cyclic esters (lactones) is 1. The Balaban J connectivity index is 1.54. The first-order chi connectivity index (χ1) is 13.6. The lowest BCUT2D eigenvalue weighted by molar-refractivity contribution is -0.220. The van der Waals surface area contributed by atoms with Crippen LogP contribution in [0.3, 0.4) is 0 Å². The molecule has 4 aliphatic carbocycles. The van der Waals surface area contributed by atoms with Crippen molar-refractivity contribution >= 4 is 17.9 Å². The summed E-state index contributed by atoms with van der Waals surface area (Å²) in [7, 11) is 0. The molecule has 0 spiro atoms. The Kier molecular flexibility index (Phi) is 4.67. The molecule has 1 heterocycles. The summed E-state index contributed by atoms with van der Waals surface area (Å²) in [6, 6.07) is 1.88. The quantitative estimate of drug-likeness (QED) is 0.513. The van der Waals surface area contributed by atoms with Gasteiger partial charge in [-0.25, -0.2) is 0 Å². The molecule has 7 nitrogen and oxygen atoms in total. The summed E-state index contributed by atoms with van der Waals surface area (Å²) in [6.45, 7) is 5.67. The molecule has 0 amide bonds. The second kappa shape index (κ2) is 6.72. The highest BCUT2D eigenvalue weighted by Gasteiger charge is 2.64. The SMILES string of the molecule is CCC(C)(C)C(=O)OC12CC3CC(C1)CC(C(=O)OC1COC(=O)C1C#N)(C3)C2. The monoisotopic (exact) mass is 403 g/mol. The van der Waals surface area contributed by atoms with Crippen molar-refractivity contribution in [2.75, 3.05) is 6.61 Å². The average Bonchev–Trinajstić information content (AvgIpc) is 2.99. The van der Waals surface area contributed by atoms with Crippen LogP contribution in [0, 0.1) is 39.9 Å². The maximum atomic E-state index is 13.3. The molecule has 7 heteroatoms. The molecule has 5 aliphatic rings. The van der Waals surface area contributed by atoms with Crippen molar-refractivity contribution < 1.29 is 28.6 Å². The number of ether oxygens (including phenoxy) is 3. The molecule has 0 radical (unpaired) electrons. The van der Waals surface area contributed by atoms with Gasteiger partial charge in [0.05, 0.1) is 16.9 Å². The Labute approximate surface area is 171 Å². The fraction of sp³-hybridized carbons (Fsp3) is 0.818. The molecule has 4 saturated carbocycles. The summed E-state index contributed by atoms with van der Waals surface area (Å²) in [5.41, 5.74) is -1.87. The minimum absolute atomic E-state index is 0.0729. The molecule has 5 fully saturated rings. The van der Waals surface area contributed by atoms with E-state index in [1.807, 2.05) is 26.8 Å². The molecule has 4 bridgehead atoms. The van der Waals surface area contributed by atoms with Gasteiger partial charge in [0, 0.05) is 6.42 Å². The van der Waals surface area contributed by atoms with Crippen molar-refractivity contribution in [3.8, 4) is 6.07 Å². The average molecular weight is 403 g/mol. The minimum atomic E-state index is -1.06. The van der Waals surface area contributed by atoms with Gasteiger partial charge in [0.25, 0.3) is 0 Å². The smallest absolute Gasteiger partial charge is 0.327 e. The number of nitrogens with zero attached hydrogens (tertiary/aromatic N) is 1. The van der Waals surface area contributed by atoms with Gasteiger partial charge in [0.1, 0.15) is 12.2 Å². The van der Waals surface area contributed by atoms with E-state index in [0.717, 1.165) is 32.1 Å².